The summed E-state index contributed by atoms with van der Waals surface area (Å²) in [7, 11) is 0. The summed E-state index contributed by atoms with van der Waals surface area (Å²) in [5.74, 6) is -0.378. The van der Waals surface area contributed by atoms with Crippen LogP contribution in [-0.4, -0.2) is 25.8 Å². The van der Waals surface area contributed by atoms with Gasteiger partial charge in [-0.3, -0.25) is 4.57 Å². The zero-order chi connectivity index (χ0) is 11.7. The quantitative estimate of drug-likeness (QED) is 0.867. The van der Waals surface area contributed by atoms with Gasteiger partial charge >= 0.3 is 5.97 Å². The largest absolute Gasteiger partial charge is 0.478 e. The molecular weight excluding hydrogens is 230 g/mol. The van der Waals surface area contributed by atoms with E-state index in [1.54, 1.807) is 23.6 Å². The van der Waals surface area contributed by atoms with E-state index < -0.39 is 5.97 Å². The highest BCUT2D eigenvalue weighted by Crippen LogP contribution is 2.20. The first kappa shape index (κ1) is 10.6. The molecule has 2 aromatic rings. The topological polar surface area (TPSA) is 68.0 Å². The number of aromatic nitrogens is 3. The number of hydrogen-bond acceptors (Lipinski definition) is 3. The highest BCUT2D eigenvalue weighted by Gasteiger charge is 2.11. The molecule has 82 valence electrons. The van der Waals surface area contributed by atoms with Gasteiger partial charge in [0.1, 0.15) is 12.2 Å². The van der Waals surface area contributed by atoms with E-state index in [2.05, 4.69) is 10.2 Å². The Balaban J connectivity index is 2.56. The first-order valence-electron chi connectivity index (χ1n) is 4.49. The molecule has 5 nitrogen and oxygen atoms in total. The number of carboxylic acids is 1. The second-order valence-corrected chi connectivity index (χ2v) is 3.62. The Bertz CT molecular complexity index is 551. The summed E-state index contributed by atoms with van der Waals surface area (Å²) in [5, 5.41) is 16.7. The standard InChI is InChI=1S/C10H8ClN3O2/c1-6-13-12-5-14(6)7-2-3-9(11)8(4-7)10(15)16/h2-5H,1H3,(H,15,16). The van der Waals surface area contributed by atoms with Crippen LogP contribution in [0.15, 0.2) is 24.5 Å². The predicted octanol–water partition coefficient (Wildman–Crippen LogP) is 1.93. The number of aromatic carboxylic acids is 1. The molecule has 0 unspecified atom stereocenters. The van der Waals surface area contributed by atoms with Gasteiger partial charge in [0, 0.05) is 5.69 Å². The smallest absolute Gasteiger partial charge is 0.337 e. The van der Waals surface area contributed by atoms with Gasteiger partial charge in [-0.05, 0) is 25.1 Å². The van der Waals surface area contributed by atoms with E-state index in [9.17, 15) is 4.79 Å². The van der Waals surface area contributed by atoms with Crippen LogP contribution in [0.5, 0.6) is 0 Å². The number of nitrogens with zero attached hydrogens (tertiary/aromatic N) is 3. The van der Waals surface area contributed by atoms with Crippen LogP contribution >= 0.6 is 11.6 Å². The van der Waals surface area contributed by atoms with Crippen LogP contribution < -0.4 is 0 Å². The molecule has 1 N–H and O–H groups in total. The molecule has 0 amide bonds. The van der Waals surface area contributed by atoms with E-state index in [-0.39, 0.29) is 10.6 Å². The maximum atomic E-state index is 10.9. The van der Waals surface area contributed by atoms with Crippen molar-refractivity contribution in [3.05, 3.63) is 40.9 Å². The Hall–Kier alpha value is -1.88. The number of carbonyl (C=O) groups is 1. The molecule has 0 bridgehead atoms. The van der Waals surface area contributed by atoms with Crippen LogP contribution in [0.4, 0.5) is 0 Å². The van der Waals surface area contributed by atoms with Gasteiger partial charge < -0.3 is 5.11 Å². The highest BCUT2D eigenvalue weighted by molar-refractivity contribution is 6.33. The van der Waals surface area contributed by atoms with Gasteiger partial charge in [0.15, 0.2) is 0 Å². The minimum absolute atomic E-state index is 0.0623. The molecule has 0 atom stereocenters. The lowest BCUT2D eigenvalue weighted by Gasteiger charge is -2.05. The molecule has 16 heavy (non-hydrogen) atoms. The molecule has 0 aliphatic rings. The molecule has 0 aliphatic heterocycles. The van der Waals surface area contributed by atoms with E-state index in [4.69, 9.17) is 16.7 Å². The SMILES string of the molecule is Cc1nncn1-c1ccc(Cl)c(C(=O)O)c1. The molecular formula is C10H8ClN3O2. The van der Waals surface area contributed by atoms with Crippen LogP contribution in [0.1, 0.15) is 16.2 Å². The van der Waals surface area contributed by atoms with Crippen LogP contribution in [-0.2, 0) is 0 Å². The Morgan fingerprint density at radius 3 is 2.81 bits per heavy atom. The van der Waals surface area contributed by atoms with Crippen LogP contribution in [0, 0.1) is 6.92 Å². The van der Waals surface area contributed by atoms with Crippen molar-refractivity contribution in [2.75, 3.05) is 0 Å². The van der Waals surface area contributed by atoms with E-state index in [0.717, 1.165) is 0 Å². The van der Waals surface area contributed by atoms with Gasteiger partial charge in [-0.25, -0.2) is 4.79 Å². The van der Waals surface area contributed by atoms with Crippen LogP contribution in [0.3, 0.4) is 0 Å². The molecule has 1 aromatic heterocycles. The maximum absolute atomic E-state index is 10.9. The Kier molecular flexibility index (Phi) is 2.62. The van der Waals surface area contributed by atoms with Crippen molar-refractivity contribution in [2.45, 2.75) is 6.92 Å². The molecule has 0 fully saturated rings. The number of benzene rings is 1. The van der Waals surface area contributed by atoms with E-state index >= 15 is 0 Å². The van der Waals surface area contributed by atoms with Crippen molar-refractivity contribution in [1.82, 2.24) is 14.8 Å². The number of hydrogen-bond donors (Lipinski definition) is 1. The fourth-order valence-corrected chi connectivity index (χ4v) is 1.57. The zero-order valence-corrected chi connectivity index (χ0v) is 9.14. The first-order chi connectivity index (χ1) is 7.59. The predicted molar refractivity (Wildman–Crippen MR) is 58.1 cm³/mol. The van der Waals surface area contributed by atoms with E-state index in [0.29, 0.717) is 11.5 Å². The summed E-state index contributed by atoms with van der Waals surface area (Å²) in [6, 6.07) is 4.74. The Morgan fingerprint density at radius 1 is 1.50 bits per heavy atom. The fourth-order valence-electron chi connectivity index (χ4n) is 1.37. The number of aryl methyl sites for hydroxylation is 1. The first-order valence-corrected chi connectivity index (χ1v) is 4.87. The molecule has 0 spiro atoms. The Morgan fingerprint density at radius 2 is 2.25 bits per heavy atom. The summed E-state index contributed by atoms with van der Waals surface area (Å²) in [5.41, 5.74) is 0.733. The zero-order valence-electron chi connectivity index (χ0n) is 8.38. The van der Waals surface area contributed by atoms with Gasteiger partial charge in [0.25, 0.3) is 0 Å². The summed E-state index contributed by atoms with van der Waals surface area (Å²) < 4.78 is 1.68. The second kappa shape index (κ2) is 3.94. The third-order valence-corrected chi connectivity index (χ3v) is 2.51. The average Bonchev–Trinajstić information content (AvgIpc) is 2.65. The molecule has 1 heterocycles. The number of rotatable bonds is 2. The lowest BCUT2D eigenvalue weighted by Crippen LogP contribution is -2.01. The molecule has 0 aliphatic carbocycles. The van der Waals surface area contributed by atoms with Crippen molar-refractivity contribution in [3.63, 3.8) is 0 Å². The van der Waals surface area contributed by atoms with Gasteiger partial charge in [0.05, 0.1) is 10.6 Å². The van der Waals surface area contributed by atoms with Gasteiger partial charge in [-0.1, -0.05) is 11.6 Å². The summed E-state index contributed by atoms with van der Waals surface area (Å²) in [6.07, 6.45) is 1.52. The second-order valence-electron chi connectivity index (χ2n) is 3.22. The molecule has 6 heteroatoms. The number of halogens is 1. The molecule has 0 saturated heterocycles. The molecule has 0 saturated carbocycles. The van der Waals surface area contributed by atoms with Gasteiger partial charge in [-0.15, -0.1) is 10.2 Å². The average molecular weight is 238 g/mol. The summed E-state index contributed by atoms with van der Waals surface area (Å²) in [4.78, 5) is 10.9. The molecule has 2 rings (SSSR count). The van der Waals surface area contributed by atoms with Crippen molar-refractivity contribution < 1.29 is 9.90 Å². The molecule has 0 radical (unpaired) electrons. The monoisotopic (exact) mass is 237 g/mol. The minimum Gasteiger partial charge on any atom is -0.478 e. The van der Waals surface area contributed by atoms with Crippen molar-refractivity contribution in [1.29, 1.82) is 0 Å². The summed E-state index contributed by atoms with van der Waals surface area (Å²) in [6.45, 7) is 1.78. The number of carboxylic acid groups (broad SMARTS) is 1. The minimum atomic E-state index is -1.06. The highest BCUT2D eigenvalue weighted by atomic mass is 35.5. The van der Waals surface area contributed by atoms with Gasteiger partial charge in [-0.2, -0.15) is 0 Å². The van der Waals surface area contributed by atoms with E-state index in [1.165, 1.54) is 12.4 Å². The third kappa shape index (κ3) is 1.77. The summed E-state index contributed by atoms with van der Waals surface area (Å²) >= 11 is 5.77. The molecule has 1 aromatic carbocycles. The third-order valence-electron chi connectivity index (χ3n) is 2.18. The van der Waals surface area contributed by atoms with Gasteiger partial charge in [0.2, 0.25) is 0 Å². The van der Waals surface area contributed by atoms with Crippen LogP contribution in [0.2, 0.25) is 5.02 Å². The lowest BCUT2D eigenvalue weighted by atomic mass is 10.2. The maximum Gasteiger partial charge on any atom is 0.337 e. The van der Waals surface area contributed by atoms with Crippen molar-refractivity contribution in [3.8, 4) is 5.69 Å². The normalized spacial score (nSPS) is 10.4. The Labute approximate surface area is 96.3 Å². The lowest BCUT2D eigenvalue weighted by molar-refractivity contribution is 0.0697. The fraction of sp³-hybridized carbons (Fsp3) is 0.100. The van der Waals surface area contributed by atoms with Crippen molar-refractivity contribution in [2.24, 2.45) is 0 Å². The van der Waals surface area contributed by atoms with Crippen LogP contribution in [0.25, 0.3) is 5.69 Å². The van der Waals surface area contributed by atoms with Crippen molar-refractivity contribution >= 4 is 17.6 Å². The van der Waals surface area contributed by atoms with E-state index in [1.807, 2.05) is 0 Å².